The van der Waals surface area contributed by atoms with E-state index in [-0.39, 0.29) is 18.4 Å². The first kappa shape index (κ1) is 16.2. The number of unbranched alkanes of at least 4 members (excludes halogenated alkanes) is 1. The maximum atomic E-state index is 10.9. The molecule has 0 aliphatic rings. The van der Waals surface area contributed by atoms with Gasteiger partial charge in [-0.1, -0.05) is 13.3 Å². The first-order valence-electron chi connectivity index (χ1n) is 5.11. The third-order valence-corrected chi connectivity index (χ3v) is 2.04. The van der Waals surface area contributed by atoms with Gasteiger partial charge < -0.3 is 10.5 Å². The second-order valence-corrected chi connectivity index (χ2v) is 3.22. The van der Waals surface area contributed by atoms with E-state index in [1.54, 1.807) is 0 Å². The van der Waals surface area contributed by atoms with Crippen molar-refractivity contribution in [2.75, 3.05) is 6.61 Å². The number of hydrogen-bond donors (Lipinski definition) is 1. The topological polar surface area (TPSA) is 52.3 Å². The van der Waals surface area contributed by atoms with Crippen LogP contribution < -0.4 is 5.73 Å². The number of ether oxygens (including phenoxy) is 1. The van der Waals surface area contributed by atoms with Gasteiger partial charge in [-0.15, -0.1) is 12.4 Å². The SMILES string of the molecule is CCOC(=O)CCCCC(N)CC.Cl. The van der Waals surface area contributed by atoms with Gasteiger partial charge in [0.1, 0.15) is 0 Å². The monoisotopic (exact) mass is 223 g/mol. The normalized spacial score (nSPS) is 11.6. The van der Waals surface area contributed by atoms with E-state index in [0.717, 1.165) is 25.7 Å². The van der Waals surface area contributed by atoms with Crippen molar-refractivity contribution >= 4 is 18.4 Å². The molecule has 0 rings (SSSR count). The Morgan fingerprint density at radius 2 is 2.00 bits per heavy atom. The van der Waals surface area contributed by atoms with Gasteiger partial charge in [-0.3, -0.25) is 4.79 Å². The third-order valence-electron chi connectivity index (χ3n) is 2.04. The maximum absolute atomic E-state index is 10.9. The molecule has 14 heavy (non-hydrogen) atoms. The summed E-state index contributed by atoms with van der Waals surface area (Å²) in [4.78, 5) is 10.9. The molecule has 0 aliphatic carbocycles. The molecular weight excluding hydrogens is 202 g/mol. The highest BCUT2D eigenvalue weighted by atomic mass is 35.5. The molecule has 1 atom stereocenters. The van der Waals surface area contributed by atoms with Crippen LogP contribution in [0.25, 0.3) is 0 Å². The molecule has 0 bridgehead atoms. The van der Waals surface area contributed by atoms with Gasteiger partial charge in [0.2, 0.25) is 0 Å². The highest BCUT2D eigenvalue weighted by molar-refractivity contribution is 5.85. The van der Waals surface area contributed by atoms with Crippen LogP contribution in [0, 0.1) is 0 Å². The van der Waals surface area contributed by atoms with E-state index >= 15 is 0 Å². The van der Waals surface area contributed by atoms with Crippen LogP contribution in [-0.2, 0) is 9.53 Å². The van der Waals surface area contributed by atoms with Crippen LogP contribution in [0.4, 0.5) is 0 Å². The molecule has 0 fully saturated rings. The van der Waals surface area contributed by atoms with Gasteiger partial charge in [-0.2, -0.15) is 0 Å². The molecule has 1 unspecified atom stereocenters. The minimum Gasteiger partial charge on any atom is -0.466 e. The number of esters is 1. The number of carbonyl (C=O) groups excluding carboxylic acids is 1. The maximum Gasteiger partial charge on any atom is 0.305 e. The van der Waals surface area contributed by atoms with Crippen LogP contribution in [0.15, 0.2) is 0 Å². The molecule has 0 spiro atoms. The Bertz CT molecular complexity index is 142. The number of halogens is 1. The number of hydrogen-bond acceptors (Lipinski definition) is 3. The van der Waals surface area contributed by atoms with Gasteiger partial charge in [-0.05, 0) is 26.2 Å². The van der Waals surface area contributed by atoms with Crippen molar-refractivity contribution in [3.05, 3.63) is 0 Å². The molecule has 0 aliphatic heterocycles. The van der Waals surface area contributed by atoms with Crippen LogP contribution in [0.5, 0.6) is 0 Å². The summed E-state index contributed by atoms with van der Waals surface area (Å²) in [5.41, 5.74) is 5.73. The van der Waals surface area contributed by atoms with Crippen molar-refractivity contribution < 1.29 is 9.53 Å². The van der Waals surface area contributed by atoms with Crippen molar-refractivity contribution in [2.24, 2.45) is 5.73 Å². The highest BCUT2D eigenvalue weighted by Crippen LogP contribution is 2.05. The molecule has 0 saturated heterocycles. The van der Waals surface area contributed by atoms with E-state index in [4.69, 9.17) is 10.5 Å². The van der Waals surface area contributed by atoms with Crippen LogP contribution in [0.2, 0.25) is 0 Å². The second-order valence-electron chi connectivity index (χ2n) is 3.22. The van der Waals surface area contributed by atoms with E-state index in [1.165, 1.54) is 0 Å². The Kier molecular flexibility index (Phi) is 12.5. The van der Waals surface area contributed by atoms with Gasteiger partial charge in [0.05, 0.1) is 6.61 Å². The molecule has 0 radical (unpaired) electrons. The molecular formula is C10H22ClNO2. The lowest BCUT2D eigenvalue weighted by Crippen LogP contribution is -2.18. The van der Waals surface area contributed by atoms with Crippen molar-refractivity contribution in [1.82, 2.24) is 0 Å². The van der Waals surface area contributed by atoms with Crippen LogP contribution in [-0.4, -0.2) is 18.6 Å². The van der Waals surface area contributed by atoms with E-state index in [0.29, 0.717) is 19.1 Å². The van der Waals surface area contributed by atoms with Gasteiger partial charge in [0.25, 0.3) is 0 Å². The second kappa shape index (κ2) is 10.8. The van der Waals surface area contributed by atoms with Crippen molar-refractivity contribution in [2.45, 2.75) is 52.0 Å². The minimum atomic E-state index is -0.0902. The molecule has 4 heteroatoms. The first-order valence-corrected chi connectivity index (χ1v) is 5.11. The summed E-state index contributed by atoms with van der Waals surface area (Å²) in [6.07, 6.45) is 4.47. The quantitative estimate of drug-likeness (QED) is 0.532. The van der Waals surface area contributed by atoms with Crippen molar-refractivity contribution in [1.29, 1.82) is 0 Å². The Morgan fingerprint density at radius 1 is 1.36 bits per heavy atom. The molecule has 0 amide bonds. The van der Waals surface area contributed by atoms with Gasteiger partial charge in [-0.25, -0.2) is 0 Å². The van der Waals surface area contributed by atoms with Crippen molar-refractivity contribution in [3.8, 4) is 0 Å². The van der Waals surface area contributed by atoms with Crippen LogP contribution in [0.1, 0.15) is 46.0 Å². The summed E-state index contributed by atoms with van der Waals surface area (Å²) in [6.45, 7) is 4.38. The zero-order valence-corrected chi connectivity index (χ0v) is 9.94. The highest BCUT2D eigenvalue weighted by Gasteiger charge is 2.02. The lowest BCUT2D eigenvalue weighted by molar-refractivity contribution is -0.143. The Labute approximate surface area is 92.8 Å². The number of rotatable bonds is 7. The van der Waals surface area contributed by atoms with Crippen LogP contribution >= 0.6 is 12.4 Å². The summed E-state index contributed by atoms with van der Waals surface area (Å²) in [6, 6.07) is 0.294. The van der Waals surface area contributed by atoms with Gasteiger partial charge in [0, 0.05) is 12.5 Å². The van der Waals surface area contributed by atoms with E-state index in [2.05, 4.69) is 6.92 Å². The van der Waals surface area contributed by atoms with E-state index in [9.17, 15) is 4.79 Å². The fourth-order valence-corrected chi connectivity index (χ4v) is 1.11. The summed E-state index contributed by atoms with van der Waals surface area (Å²) < 4.78 is 4.81. The molecule has 0 saturated carbocycles. The summed E-state index contributed by atoms with van der Waals surface area (Å²) in [7, 11) is 0. The summed E-state index contributed by atoms with van der Waals surface area (Å²) in [5, 5.41) is 0. The Balaban J connectivity index is 0. The molecule has 2 N–H and O–H groups in total. The molecule has 0 heterocycles. The molecule has 0 aromatic carbocycles. The Morgan fingerprint density at radius 3 is 2.50 bits per heavy atom. The standard InChI is InChI=1S/C10H21NO2.ClH/c1-3-9(11)7-5-6-8-10(12)13-4-2;/h9H,3-8,11H2,1-2H3;1H. The van der Waals surface area contributed by atoms with Crippen LogP contribution in [0.3, 0.4) is 0 Å². The fourth-order valence-electron chi connectivity index (χ4n) is 1.11. The lowest BCUT2D eigenvalue weighted by Gasteiger charge is -2.07. The smallest absolute Gasteiger partial charge is 0.305 e. The van der Waals surface area contributed by atoms with E-state index < -0.39 is 0 Å². The molecule has 86 valence electrons. The average molecular weight is 224 g/mol. The summed E-state index contributed by atoms with van der Waals surface area (Å²) in [5.74, 6) is -0.0902. The summed E-state index contributed by atoms with van der Waals surface area (Å²) >= 11 is 0. The molecule has 0 aromatic heterocycles. The lowest BCUT2D eigenvalue weighted by atomic mass is 10.1. The fraction of sp³-hybridized carbons (Fsp3) is 0.900. The van der Waals surface area contributed by atoms with Gasteiger partial charge >= 0.3 is 5.97 Å². The Hall–Kier alpha value is -0.280. The van der Waals surface area contributed by atoms with Gasteiger partial charge in [0.15, 0.2) is 0 Å². The predicted octanol–water partition coefficient (Wildman–Crippen LogP) is 2.27. The zero-order valence-electron chi connectivity index (χ0n) is 9.12. The van der Waals surface area contributed by atoms with E-state index in [1.807, 2.05) is 6.92 Å². The van der Waals surface area contributed by atoms with Crippen molar-refractivity contribution in [3.63, 3.8) is 0 Å². The minimum absolute atomic E-state index is 0. The molecule has 0 aromatic rings. The predicted molar refractivity (Wildman–Crippen MR) is 60.6 cm³/mol. The zero-order chi connectivity index (χ0) is 10.1. The third kappa shape index (κ3) is 9.81. The number of carbonyl (C=O) groups is 1. The molecule has 3 nitrogen and oxygen atoms in total. The average Bonchev–Trinajstić information content (AvgIpc) is 2.12. The first-order chi connectivity index (χ1) is 6.20. The number of nitrogens with two attached hydrogens (primary N) is 1. The largest absolute Gasteiger partial charge is 0.466 e.